The molecule has 2 aromatic rings. The molecule has 0 radical (unpaired) electrons. The zero-order valence-corrected chi connectivity index (χ0v) is 17.7. The minimum atomic E-state index is -0.124. The maximum absolute atomic E-state index is 12.7. The number of hydrogen-bond acceptors (Lipinski definition) is 4. The van der Waals surface area contributed by atoms with Gasteiger partial charge in [0.1, 0.15) is 5.75 Å². The molecule has 0 atom stereocenters. The van der Waals surface area contributed by atoms with Gasteiger partial charge < -0.3 is 15.0 Å². The van der Waals surface area contributed by atoms with Gasteiger partial charge in [0.2, 0.25) is 11.8 Å². The molecule has 1 aliphatic heterocycles. The molecule has 1 aliphatic rings. The average Bonchev–Trinajstić information content (AvgIpc) is 2.70. The van der Waals surface area contributed by atoms with E-state index in [0.717, 1.165) is 5.56 Å². The van der Waals surface area contributed by atoms with Gasteiger partial charge in [0.15, 0.2) is 0 Å². The van der Waals surface area contributed by atoms with Crippen molar-refractivity contribution in [2.24, 2.45) is 0 Å². The lowest BCUT2D eigenvalue weighted by molar-refractivity contribution is -0.132. The van der Waals surface area contributed by atoms with Crippen LogP contribution in [0.15, 0.2) is 42.5 Å². The summed E-state index contributed by atoms with van der Waals surface area (Å²) >= 11 is 12.1. The van der Waals surface area contributed by atoms with E-state index in [2.05, 4.69) is 5.32 Å². The van der Waals surface area contributed by atoms with Crippen LogP contribution in [0.2, 0.25) is 10.0 Å². The molecule has 0 unspecified atom stereocenters. The summed E-state index contributed by atoms with van der Waals surface area (Å²) in [5.74, 6) is 0.546. The first kappa shape index (κ1) is 21.4. The van der Waals surface area contributed by atoms with Crippen LogP contribution in [0.5, 0.6) is 5.75 Å². The second kappa shape index (κ2) is 9.96. The van der Waals surface area contributed by atoms with Crippen molar-refractivity contribution in [2.75, 3.05) is 45.2 Å². The van der Waals surface area contributed by atoms with Crippen molar-refractivity contribution in [2.45, 2.75) is 6.42 Å². The Morgan fingerprint density at radius 2 is 1.79 bits per heavy atom. The van der Waals surface area contributed by atoms with Crippen LogP contribution in [0.3, 0.4) is 0 Å². The zero-order chi connectivity index (χ0) is 20.8. The fourth-order valence-electron chi connectivity index (χ4n) is 3.27. The number of benzene rings is 2. The van der Waals surface area contributed by atoms with Gasteiger partial charge in [0.25, 0.3) is 0 Å². The van der Waals surface area contributed by atoms with Crippen LogP contribution in [-0.4, -0.2) is 61.4 Å². The monoisotopic (exact) mass is 435 g/mol. The van der Waals surface area contributed by atoms with Crippen molar-refractivity contribution < 1.29 is 14.3 Å². The molecule has 3 rings (SSSR count). The van der Waals surface area contributed by atoms with Crippen molar-refractivity contribution in [3.05, 3.63) is 58.1 Å². The molecule has 1 N–H and O–H groups in total. The van der Waals surface area contributed by atoms with Gasteiger partial charge in [0.05, 0.1) is 30.8 Å². The van der Waals surface area contributed by atoms with Gasteiger partial charge in [-0.25, -0.2) is 0 Å². The molecular formula is C21H23Cl2N3O3. The van der Waals surface area contributed by atoms with Crippen LogP contribution in [0.1, 0.15) is 5.56 Å². The number of ether oxygens (including phenoxy) is 1. The van der Waals surface area contributed by atoms with Crippen molar-refractivity contribution >= 4 is 40.7 Å². The summed E-state index contributed by atoms with van der Waals surface area (Å²) in [6.45, 7) is 2.67. The molecule has 1 saturated heterocycles. The number of rotatable bonds is 6. The molecule has 2 aromatic carbocycles. The minimum absolute atomic E-state index is 0.0192. The van der Waals surface area contributed by atoms with E-state index in [1.807, 2.05) is 21.9 Å². The standard InChI is InChI=1S/C21H23Cl2N3O3/c1-29-19-7-6-16(22)12-15(19)13-21(28)26-10-8-25(9-11-26)14-20(27)24-18-5-3-2-4-17(18)23/h2-7,12H,8-11,13-14H2,1H3,(H,24,27). The summed E-state index contributed by atoms with van der Waals surface area (Å²) in [5.41, 5.74) is 1.37. The number of halogens is 2. The van der Waals surface area contributed by atoms with Crippen LogP contribution >= 0.6 is 23.2 Å². The van der Waals surface area contributed by atoms with Gasteiger partial charge in [-0.2, -0.15) is 0 Å². The Kier molecular flexibility index (Phi) is 7.36. The predicted molar refractivity (Wildman–Crippen MR) is 115 cm³/mol. The van der Waals surface area contributed by atoms with Crippen LogP contribution in [0, 0.1) is 0 Å². The Bertz CT molecular complexity index is 883. The number of anilines is 1. The van der Waals surface area contributed by atoms with E-state index in [1.165, 1.54) is 0 Å². The van der Waals surface area contributed by atoms with E-state index in [9.17, 15) is 9.59 Å². The summed E-state index contributed by atoms with van der Waals surface area (Å²) in [7, 11) is 1.57. The molecule has 0 bridgehead atoms. The third-order valence-electron chi connectivity index (χ3n) is 4.82. The zero-order valence-electron chi connectivity index (χ0n) is 16.2. The minimum Gasteiger partial charge on any atom is -0.496 e. The van der Waals surface area contributed by atoms with Gasteiger partial charge >= 0.3 is 0 Å². The van der Waals surface area contributed by atoms with Crippen LogP contribution in [-0.2, 0) is 16.0 Å². The van der Waals surface area contributed by atoms with E-state index in [1.54, 1.807) is 37.4 Å². The lowest BCUT2D eigenvalue weighted by atomic mass is 10.1. The van der Waals surface area contributed by atoms with E-state index < -0.39 is 0 Å². The van der Waals surface area contributed by atoms with Crippen molar-refractivity contribution in [1.82, 2.24) is 9.80 Å². The molecule has 29 heavy (non-hydrogen) atoms. The molecule has 0 aromatic heterocycles. The summed E-state index contributed by atoms with van der Waals surface area (Å²) in [6.07, 6.45) is 0.233. The molecule has 154 valence electrons. The van der Waals surface area contributed by atoms with E-state index in [0.29, 0.717) is 47.7 Å². The average molecular weight is 436 g/mol. The molecule has 0 spiro atoms. The van der Waals surface area contributed by atoms with Crippen molar-refractivity contribution in [3.8, 4) is 5.75 Å². The smallest absolute Gasteiger partial charge is 0.238 e. The normalized spacial score (nSPS) is 14.5. The second-order valence-electron chi connectivity index (χ2n) is 6.82. The van der Waals surface area contributed by atoms with Gasteiger partial charge in [-0.3, -0.25) is 14.5 Å². The molecule has 2 amide bonds. The number of nitrogens with one attached hydrogen (secondary N) is 1. The highest BCUT2D eigenvalue weighted by molar-refractivity contribution is 6.33. The Balaban J connectivity index is 1.49. The largest absolute Gasteiger partial charge is 0.496 e. The van der Waals surface area contributed by atoms with Crippen LogP contribution in [0.25, 0.3) is 0 Å². The Hall–Kier alpha value is -2.28. The molecule has 0 aliphatic carbocycles. The number of para-hydroxylation sites is 1. The summed E-state index contributed by atoms with van der Waals surface area (Å²) in [5, 5.41) is 3.90. The van der Waals surface area contributed by atoms with Crippen molar-refractivity contribution in [3.63, 3.8) is 0 Å². The number of nitrogens with zero attached hydrogens (tertiary/aromatic N) is 2. The molecule has 1 heterocycles. The van der Waals surface area contributed by atoms with Gasteiger partial charge in [0, 0.05) is 36.8 Å². The first-order chi connectivity index (χ1) is 14.0. The maximum Gasteiger partial charge on any atom is 0.238 e. The molecule has 1 fully saturated rings. The van der Waals surface area contributed by atoms with Gasteiger partial charge in [-0.05, 0) is 30.3 Å². The molecular weight excluding hydrogens is 413 g/mol. The number of carbonyl (C=O) groups excluding carboxylic acids is 2. The third kappa shape index (κ3) is 5.85. The third-order valence-corrected chi connectivity index (χ3v) is 5.39. The van der Waals surface area contributed by atoms with E-state index >= 15 is 0 Å². The van der Waals surface area contributed by atoms with Crippen molar-refractivity contribution in [1.29, 1.82) is 0 Å². The Morgan fingerprint density at radius 3 is 2.48 bits per heavy atom. The SMILES string of the molecule is COc1ccc(Cl)cc1CC(=O)N1CCN(CC(=O)Nc2ccccc2Cl)CC1. The number of methoxy groups -OCH3 is 1. The topological polar surface area (TPSA) is 61.9 Å². The highest BCUT2D eigenvalue weighted by Crippen LogP contribution is 2.24. The summed E-state index contributed by atoms with van der Waals surface area (Å²) in [4.78, 5) is 28.8. The first-order valence-electron chi connectivity index (χ1n) is 9.33. The highest BCUT2D eigenvalue weighted by Gasteiger charge is 2.23. The van der Waals surface area contributed by atoms with Gasteiger partial charge in [-0.15, -0.1) is 0 Å². The maximum atomic E-state index is 12.7. The fraction of sp³-hybridized carbons (Fsp3) is 0.333. The van der Waals surface area contributed by atoms with Crippen LogP contribution < -0.4 is 10.1 Å². The molecule has 0 saturated carbocycles. The summed E-state index contributed by atoms with van der Waals surface area (Å²) in [6, 6.07) is 12.4. The first-order valence-corrected chi connectivity index (χ1v) is 10.1. The molecule has 8 heteroatoms. The summed E-state index contributed by atoms with van der Waals surface area (Å²) < 4.78 is 5.32. The van der Waals surface area contributed by atoms with E-state index in [4.69, 9.17) is 27.9 Å². The Morgan fingerprint density at radius 1 is 1.07 bits per heavy atom. The quantitative estimate of drug-likeness (QED) is 0.755. The van der Waals surface area contributed by atoms with E-state index in [-0.39, 0.29) is 24.8 Å². The van der Waals surface area contributed by atoms with Crippen LogP contribution in [0.4, 0.5) is 5.69 Å². The Labute approximate surface area is 180 Å². The number of hydrogen-bond donors (Lipinski definition) is 1. The molecule has 6 nitrogen and oxygen atoms in total. The van der Waals surface area contributed by atoms with Gasteiger partial charge in [-0.1, -0.05) is 35.3 Å². The fourth-order valence-corrected chi connectivity index (χ4v) is 3.65. The number of carbonyl (C=O) groups is 2. The highest BCUT2D eigenvalue weighted by atomic mass is 35.5. The second-order valence-corrected chi connectivity index (χ2v) is 7.66. The number of amides is 2. The number of piperazine rings is 1. The predicted octanol–water partition coefficient (Wildman–Crippen LogP) is 3.33. The lowest BCUT2D eigenvalue weighted by Crippen LogP contribution is -2.50. The lowest BCUT2D eigenvalue weighted by Gasteiger charge is -2.34.